The van der Waals surface area contributed by atoms with E-state index in [0.717, 1.165) is 31.7 Å². The lowest BCUT2D eigenvalue weighted by Gasteiger charge is -2.35. The maximum Gasteiger partial charge on any atom is 0.238 e. The number of piperazine rings is 1. The van der Waals surface area contributed by atoms with Crippen LogP contribution in [-0.4, -0.2) is 58.5 Å². The Morgan fingerprint density at radius 2 is 1.61 bits per heavy atom. The number of para-hydroxylation sites is 1. The van der Waals surface area contributed by atoms with Crippen molar-refractivity contribution in [3.63, 3.8) is 0 Å². The molecular formula is C20H26N4O3S. The van der Waals surface area contributed by atoms with Crippen molar-refractivity contribution in [1.29, 1.82) is 0 Å². The smallest absolute Gasteiger partial charge is 0.238 e. The zero-order valence-electron chi connectivity index (χ0n) is 15.8. The molecule has 3 N–H and O–H groups in total. The van der Waals surface area contributed by atoms with Gasteiger partial charge in [0.15, 0.2) is 0 Å². The average molecular weight is 403 g/mol. The predicted molar refractivity (Wildman–Crippen MR) is 110 cm³/mol. The summed E-state index contributed by atoms with van der Waals surface area (Å²) in [6.45, 7) is 4.45. The van der Waals surface area contributed by atoms with Crippen molar-refractivity contribution in [2.24, 2.45) is 5.14 Å². The molecule has 1 fully saturated rings. The summed E-state index contributed by atoms with van der Waals surface area (Å²) in [5.41, 5.74) is 2.17. The van der Waals surface area contributed by atoms with Crippen LogP contribution in [0.3, 0.4) is 0 Å². The minimum absolute atomic E-state index is 0.00863. The van der Waals surface area contributed by atoms with Crippen LogP contribution in [-0.2, 0) is 21.2 Å². The molecular weight excluding hydrogens is 376 g/mol. The van der Waals surface area contributed by atoms with Crippen molar-refractivity contribution in [2.75, 3.05) is 44.2 Å². The van der Waals surface area contributed by atoms with E-state index in [4.69, 9.17) is 5.14 Å². The van der Waals surface area contributed by atoms with Crippen LogP contribution in [0.5, 0.6) is 0 Å². The van der Waals surface area contributed by atoms with Crippen LogP contribution in [0, 0.1) is 0 Å². The average Bonchev–Trinajstić information content (AvgIpc) is 2.69. The lowest BCUT2D eigenvalue weighted by atomic mass is 10.1. The standard InChI is InChI=1S/C20H26N4O3S/c21-28(26,27)19-8-6-17(7-9-19)10-11-22-20(25)16-23-12-14-24(15-13-23)18-4-2-1-3-5-18/h1-9H,10-16H2,(H,22,25)(H2,21,26,27). The molecule has 0 unspecified atom stereocenters. The number of amides is 1. The fourth-order valence-corrected chi connectivity index (χ4v) is 3.77. The van der Waals surface area contributed by atoms with Crippen molar-refractivity contribution >= 4 is 21.6 Å². The topological polar surface area (TPSA) is 95.7 Å². The molecule has 150 valence electrons. The molecule has 28 heavy (non-hydrogen) atoms. The third-order valence-electron chi connectivity index (χ3n) is 4.85. The van der Waals surface area contributed by atoms with E-state index < -0.39 is 10.0 Å². The van der Waals surface area contributed by atoms with Crippen molar-refractivity contribution < 1.29 is 13.2 Å². The van der Waals surface area contributed by atoms with Crippen LogP contribution in [0.15, 0.2) is 59.5 Å². The summed E-state index contributed by atoms with van der Waals surface area (Å²) in [6, 6.07) is 16.7. The van der Waals surface area contributed by atoms with Gasteiger partial charge in [-0.25, -0.2) is 13.6 Å². The Bertz CT molecular complexity index is 877. The maximum atomic E-state index is 12.2. The highest BCUT2D eigenvalue weighted by Crippen LogP contribution is 2.15. The minimum atomic E-state index is -3.67. The third kappa shape index (κ3) is 5.79. The number of nitrogens with two attached hydrogens (primary N) is 1. The molecule has 3 rings (SSSR count). The van der Waals surface area contributed by atoms with Gasteiger partial charge in [-0.2, -0.15) is 0 Å². The van der Waals surface area contributed by atoms with Crippen LogP contribution in [0.4, 0.5) is 5.69 Å². The molecule has 8 heteroatoms. The number of nitrogens with one attached hydrogen (secondary N) is 1. The number of nitrogens with zero attached hydrogens (tertiary/aromatic N) is 2. The summed E-state index contributed by atoms with van der Waals surface area (Å²) in [4.78, 5) is 16.8. The first-order chi connectivity index (χ1) is 13.4. The number of benzene rings is 2. The maximum absolute atomic E-state index is 12.2. The molecule has 0 bridgehead atoms. The van der Waals surface area contributed by atoms with Gasteiger partial charge in [-0.05, 0) is 36.2 Å². The van der Waals surface area contributed by atoms with Gasteiger partial charge in [0.1, 0.15) is 0 Å². The van der Waals surface area contributed by atoms with Gasteiger partial charge in [-0.15, -0.1) is 0 Å². The second kappa shape index (κ2) is 9.18. The van der Waals surface area contributed by atoms with Crippen molar-refractivity contribution in [2.45, 2.75) is 11.3 Å². The highest BCUT2D eigenvalue weighted by molar-refractivity contribution is 7.89. The molecule has 1 aliphatic heterocycles. The van der Waals surface area contributed by atoms with Gasteiger partial charge in [-0.3, -0.25) is 9.69 Å². The van der Waals surface area contributed by atoms with E-state index >= 15 is 0 Å². The molecule has 2 aromatic rings. The zero-order valence-corrected chi connectivity index (χ0v) is 16.6. The number of rotatable bonds is 7. The molecule has 2 aromatic carbocycles. The number of hydrogen-bond donors (Lipinski definition) is 2. The van der Waals surface area contributed by atoms with Crippen molar-refractivity contribution in [1.82, 2.24) is 10.2 Å². The molecule has 1 amide bonds. The minimum Gasteiger partial charge on any atom is -0.369 e. The van der Waals surface area contributed by atoms with E-state index in [1.807, 2.05) is 18.2 Å². The number of primary sulfonamides is 1. The van der Waals surface area contributed by atoms with E-state index in [0.29, 0.717) is 19.5 Å². The Morgan fingerprint density at radius 1 is 0.964 bits per heavy atom. The quantitative estimate of drug-likeness (QED) is 0.715. The SMILES string of the molecule is NS(=O)(=O)c1ccc(CCNC(=O)CN2CCN(c3ccccc3)CC2)cc1. The van der Waals surface area contributed by atoms with Gasteiger partial charge in [0, 0.05) is 38.4 Å². The second-order valence-corrected chi connectivity index (χ2v) is 8.45. The summed E-state index contributed by atoms with van der Waals surface area (Å²) in [5, 5.41) is 8.01. The molecule has 0 saturated carbocycles. The summed E-state index contributed by atoms with van der Waals surface area (Å²) in [7, 11) is -3.67. The lowest BCUT2D eigenvalue weighted by molar-refractivity contribution is -0.122. The van der Waals surface area contributed by atoms with Crippen molar-refractivity contribution in [3.8, 4) is 0 Å². The van der Waals surface area contributed by atoms with E-state index in [1.165, 1.54) is 17.8 Å². The number of anilines is 1. The monoisotopic (exact) mass is 402 g/mol. The molecule has 0 radical (unpaired) electrons. The molecule has 1 aliphatic rings. The van der Waals surface area contributed by atoms with E-state index in [2.05, 4.69) is 27.2 Å². The van der Waals surface area contributed by atoms with Crippen LogP contribution in [0.1, 0.15) is 5.56 Å². The van der Waals surface area contributed by atoms with Crippen LogP contribution >= 0.6 is 0 Å². The summed E-state index contributed by atoms with van der Waals surface area (Å²) < 4.78 is 22.5. The number of sulfonamides is 1. The summed E-state index contributed by atoms with van der Waals surface area (Å²) in [6.07, 6.45) is 0.637. The van der Waals surface area contributed by atoms with Gasteiger partial charge in [0.25, 0.3) is 0 Å². The summed E-state index contributed by atoms with van der Waals surface area (Å²) in [5.74, 6) is 0.00863. The first-order valence-corrected chi connectivity index (χ1v) is 10.9. The van der Waals surface area contributed by atoms with Crippen molar-refractivity contribution in [3.05, 3.63) is 60.2 Å². The molecule has 0 atom stereocenters. The van der Waals surface area contributed by atoms with Gasteiger partial charge < -0.3 is 10.2 Å². The van der Waals surface area contributed by atoms with Gasteiger partial charge >= 0.3 is 0 Å². The summed E-state index contributed by atoms with van der Waals surface area (Å²) >= 11 is 0. The van der Waals surface area contributed by atoms with E-state index in [-0.39, 0.29) is 10.8 Å². The predicted octanol–water partition coefficient (Wildman–Crippen LogP) is 0.815. The van der Waals surface area contributed by atoms with Crippen LogP contribution in [0.2, 0.25) is 0 Å². The Hall–Kier alpha value is -2.42. The fraction of sp³-hybridized carbons (Fsp3) is 0.350. The molecule has 1 heterocycles. The van der Waals surface area contributed by atoms with Crippen LogP contribution < -0.4 is 15.4 Å². The fourth-order valence-electron chi connectivity index (χ4n) is 3.25. The Balaban J connectivity index is 1.37. The Morgan fingerprint density at radius 3 is 2.21 bits per heavy atom. The van der Waals surface area contributed by atoms with Gasteiger partial charge in [0.2, 0.25) is 15.9 Å². The Kier molecular flexibility index (Phi) is 6.66. The molecule has 0 spiro atoms. The van der Waals surface area contributed by atoms with E-state index in [9.17, 15) is 13.2 Å². The number of carbonyl (C=O) groups is 1. The number of carbonyl (C=O) groups excluding carboxylic acids is 1. The van der Waals surface area contributed by atoms with Gasteiger partial charge in [-0.1, -0.05) is 30.3 Å². The normalized spacial score (nSPS) is 15.4. The van der Waals surface area contributed by atoms with E-state index in [1.54, 1.807) is 12.1 Å². The third-order valence-corrected chi connectivity index (χ3v) is 5.78. The highest BCUT2D eigenvalue weighted by atomic mass is 32.2. The lowest BCUT2D eigenvalue weighted by Crippen LogP contribution is -2.49. The van der Waals surface area contributed by atoms with Gasteiger partial charge in [0.05, 0.1) is 11.4 Å². The number of hydrogen-bond acceptors (Lipinski definition) is 5. The first kappa shape index (κ1) is 20.3. The molecule has 0 aromatic heterocycles. The largest absolute Gasteiger partial charge is 0.369 e. The van der Waals surface area contributed by atoms with Crippen LogP contribution in [0.25, 0.3) is 0 Å². The first-order valence-electron chi connectivity index (χ1n) is 9.32. The zero-order chi connectivity index (χ0) is 20.0. The molecule has 0 aliphatic carbocycles. The highest BCUT2D eigenvalue weighted by Gasteiger charge is 2.18. The molecule has 7 nitrogen and oxygen atoms in total. The molecule has 1 saturated heterocycles. The Labute approximate surface area is 166 Å². The second-order valence-electron chi connectivity index (χ2n) is 6.89.